The van der Waals surface area contributed by atoms with Crippen LogP contribution in [0.2, 0.25) is 5.02 Å². The van der Waals surface area contributed by atoms with Crippen molar-refractivity contribution in [3.8, 4) is 11.3 Å². The number of rotatable bonds is 3. The Bertz CT molecular complexity index is 1060. The number of pyridine rings is 1. The van der Waals surface area contributed by atoms with E-state index >= 15 is 0 Å². The van der Waals surface area contributed by atoms with Gasteiger partial charge in [-0.25, -0.2) is 9.07 Å². The SMILES string of the molecule is O=C(c1ccncc1F)N1CC(n2nc(-c3ccc(Cl)cc3)ccc2=O)C1. The lowest BCUT2D eigenvalue weighted by atomic mass is 10.1. The molecule has 27 heavy (non-hydrogen) atoms. The van der Waals surface area contributed by atoms with Crippen molar-refractivity contribution >= 4 is 17.5 Å². The highest BCUT2D eigenvalue weighted by molar-refractivity contribution is 6.30. The summed E-state index contributed by atoms with van der Waals surface area (Å²) in [7, 11) is 0. The molecule has 0 bridgehead atoms. The smallest absolute Gasteiger partial charge is 0.267 e. The van der Waals surface area contributed by atoms with Crippen molar-refractivity contribution in [2.75, 3.05) is 13.1 Å². The molecule has 3 heterocycles. The Kier molecular flexibility index (Phi) is 4.45. The number of amides is 1. The predicted octanol–water partition coefficient (Wildman–Crippen LogP) is 2.79. The molecule has 2 aromatic heterocycles. The van der Waals surface area contributed by atoms with Gasteiger partial charge in [0.2, 0.25) is 0 Å². The number of hydrogen-bond acceptors (Lipinski definition) is 4. The van der Waals surface area contributed by atoms with Gasteiger partial charge >= 0.3 is 0 Å². The fraction of sp³-hybridized carbons (Fsp3) is 0.158. The highest BCUT2D eigenvalue weighted by Gasteiger charge is 2.34. The van der Waals surface area contributed by atoms with Gasteiger partial charge in [0.1, 0.15) is 0 Å². The average molecular weight is 385 g/mol. The van der Waals surface area contributed by atoms with Gasteiger partial charge in [0.25, 0.3) is 11.5 Å². The molecule has 1 aliphatic rings. The lowest BCUT2D eigenvalue weighted by molar-refractivity contribution is 0.0488. The second-order valence-corrected chi connectivity index (χ2v) is 6.66. The summed E-state index contributed by atoms with van der Waals surface area (Å²) in [6, 6.07) is 11.3. The molecule has 0 aliphatic carbocycles. The summed E-state index contributed by atoms with van der Waals surface area (Å²) in [5, 5.41) is 5.03. The minimum absolute atomic E-state index is 0.0290. The molecule has 1 fully saturated rings. The zero-order valence-electron chi connectivity index (χ0n) is 14.0. The monoisotopic (exact) mass is 384 g/mol. The van der Waals surface area contributed by atoms with Crippen LogP contribution in [0.4, 0.5) is 4.39 Å². The van der Waals surface area contributed by atoms with Gasteiger partial charge in [0, 0.05) is 35.9 Å². The van der Waals surface area contributed by atoms with Gasteiger partial charge in [-0.15, -0.1) is 0 Å². The molecule has 3 aromatic rings. The third-order valence-corrected chi connectivity index (χ3v) is 4.72. The van der Waals surface area contributed by atoms with Gasteiger partial charge in [-0.2, -0.15) is 5.10 Å². The van der Waals surface area contributed by atoms with Crippen molar-refractivity contribution in [1.29, 1.82) is 0 Å². The molecule has 6 nitrogen and oxygen atoms in total. The number of carbonyl (C=O) groups is 1. The van der Waals surface area contributed by atoms with Crippen LogP contribution in [0, 0.1) is 5.82 Å². The molecule has 1 saturated heterocycles. The molecule has 0 atom stereocenters. The van der Waals surface area contributed by atoms with Crippen LogP contribution in [-0.2, 0) is 0 Å². The standard InChI is InChI=1S/C19H14ClFN4O2/c20-13-3-1-12(2-4-13)17-5-6-18(26)25(23-17)14-10-24(11-14)19(27)15-7-8-22-9-16(15)21/h1-9,14H,10-11H2. The molecule has 0 radical (unpaired) electrons. The van der Waals surface area contributed by atoms with Crippen molar-refractivity contribution in [2.45, 2.75) is 6.04 Å². The summed E-state index contributed by atoms with van der Waals surface area (Å²) in [6.07, 6.45) is 2.38. The van der Waals surface area contributed by atoms with Gasteiger partial charge in [-0.3, -0.25) is 14.6 Å². The van der Waals surface area contributed by atoms with Crippen LogP contribution in [0.3, 0.4) is 0 Å². The number of aromatic nitrogens is 3. The van der Waals surface area contributed by atoms with Gasteiger partial charge in [0.05, 0.1) is 23.5 Å². The zero-order chi connectivity index (χ0) is 19.0. The van der Waals surface area contributed by atoms with Crippen LogP contribution in [0.1, 0.15) is 16.4 Å². The maximum absolute atomic E-state index is 13.7. The summed E-state index contributed by atoms with van der Waals surface area (Å²) < 4.78 is 15.1. The predicted molar refractivity (Wildman–Crippen MR) is 98.1 cm³/mol. The van der Waals surface area contributed by atoms with Crippen LogP contribution in [0.15, 0.2) is 59.7 Å². The average Bonchev–Trinajstić information content (AvgIpc) is 2.63. The molecule has 1 aromatic carbocycles. The summed E-state index contributed by atoms with van der Waals surface area (Å²) >= 11 is 5.90. The van der Waals surface area contributed by atoms with E-state index in [1.807, 2.05) is 12.1 Å². The molecular formula is C19H14ClFN4O2. The fourth-order valence-electron chi connectivity index (χ4n) is 2.96. The number of carbonyl (C=O) groups excluding carboxylic acids is 1. The largest absolute Gasteiger partial charge is 0.334 e. The van der Waals surface area contributed by atoms with Gasteiger partial charge < -0.3 is 4.90 Å². The Hall–Kier alpha value is -3.06. The maximum Gasteiger partial charge on any atom is 0.267 e. The quantitative estimate of drug-likeness (QED) is 0.696. The molecule has 1 aliphatic heterocycles. The Morgan fingerprint density at radius 2 is 1.85 bits per heavy atom. The van der Waals surface area contributed by atoms with E-state index in [2.05, 4.69) is 10.1 Å². The molecule has 0 spiro atoms. The molecule has 1 amide bonds. The maximum atomic E-state index is 13.7. The van der Waals surface area contributed by atoms with Crippen molar-refractivity contribution in [3.05, 3.63) is 81.6 Å². The van der Waals surface area contributed by atoms with E-state index in [0.717, 1.165) is 11.8 Å². The first kappa shape index (κ1) is 17.4. The van der Waals surface area contributed by atoms with Crippen LogP contribution >= 0.6 is 11.6 Å². The third kappa shape index (κ3) is 3.33. The lowest BCUT2D eigenvalue weighted by Crippen LogP contribution is -2.53. The molecular weight excluding hydrogens is 371 g/mol. The minimum atomic E-state index is -0.661. The summed E-state index contributed by atoms with van der Waals surface area (Å²) in [5.74, 6) is -1.08. The first-order chi connectivity index (χ1) is 13.0. The number of likely N-dealkylation sites (tertiary alicyclic amines) is 1. The van der Waals surface area contributed by atoms with Crippen LogP contribution < -0.4 is 5.56 Å². The zero-order valence-corrected chi connectivity index (χ0v) is 14.8. The number of hydrogen-bond donors (Lipinski definition) is 0. The molecule has 0 N–H and O–H groups in total. The molecule has 4 rings (SSSR count). The van der Waals surface area contributed by atoms with Crippen molar-refractivity contribution in [3.63, 3.8) is 0 Å². The first-order valence-corrected chi connectivity index (χ1v) is 8.65. The third-order valence-electron chi connectivity index (χ3n) is 4.46. The normalized spacial score (nSPS) is 14.1. The highest BCUT2D eigenvalue weighted by atomic mass is 35.5. The Morgan fingerprint density at radius 1 is 1.11 bits per heavy atom. The van der Waals surface area contributed by atoms with Gasteiger partial charge in [-0.05, 0) is 24.3 Å². The van der Waals surface area contributed by atoms with E-state index in [9.17, 15) is 14.0 Å². The number of benzene rings is 1. The molecule has 0 saturated carbocycles. The molecule has 8 heteroatoms. The van der Waals surface area contributed by atoms with E-state index in [1.54, 1.807) is 18.2 Å². The van der Waals surface area contributed by atoms with E-state index in [0.29, 0.717) is 10.7 Å². The van der Waals surface area contributed by atoms with Crippen molar-refractivity contribution < 1.29 is 9.18 Å². The lowest BCUT2D eigenvalue weighted by Gasteiger charge is -2.39. The van der Waals surface area contributed by atoms with E-state index in [1.165, 1.54) is 27.9 Å². The molecule has 136 valence electrons. The molecule has 0 unspecified atom stereocenters. The van der Waals surface area contributed by atoms with E-state index in [4.69, 9.17) is 11.6 Å². The number of halogens is 2. The fourth-order valence-corrected chi connectivity index (χ4v) is 3.08. The van der Waals surface area contributed by atoms with Crippen molar-refractivity contribution in [1.82, 2.24) is 19.7 Å². The second-order valence-electron chi connectivity index (χ2n) is 6.23. The Morgan fingerprint density at radius 3 is 2.56 bits per heavy atom. The van der Waals surface area contributed by atoms with Gasteiger partial charge in [-0.1, -0.05) is 23.7 Å². The number of nitrogens with zero attached hydrogens (tertiary/aromatic N) is 4. The minimum Gasteiger partial charge on any atom is -0.334 e. The van der Waals surface area contributed by atoms with E-state index < -0.39 is 11.7 Å². The summed E-state index contributed by atoms with van der Waals surface area (Å²) in [6.45, 7) is 0.579. The topological polar surface area (TPSA) is 68.1 Å². The van der Waals surface area contributed by atoms with Crippen molar-refractivity contribution in [2.24, 2.45) is 0 Å². The first-order valence-electron chi connectivity index (χ1n) is 8.27. The second kappa shape index (κ2) is 6.92. The summed E-state index contributed by atoms with van der Waals surface area (Å²) in [5.41, 5.74) is 1.19. The Labute approximate surface area is 158 Å². The van der Waals surface area contributed by atoms with Crippen LogP contribution in [0.25, 0.3) is 11.3 Å². The van der Waals surface area contributed by atoms with Gasteiger partial charge in [0.15, 0.2) is 5.82 Å². The van der Waals surface area contributed by atoms with E-state index in [-0.39, 0.29) is 30.3 Å². The Balaban J connectivity index is 1.53. The highest BCUT2D eigenvalue weighted by Crippen LogP contribution is 2.24. The summed E-state index contributed by atoms with van der Waals surface area (Å²) in [4.78, 5) is 29.7. The van der Waals surface area contributed by atoms with Crippen LogP contribution in [0.5, 0.6) is 0 Å². The van der Waals surface area contributed by atoms with Crippen LogP contribution in [-0.4, -0.2) is 38.7 Å².